The van der Waals surface area contributed by atoms with Crippen LogP contribution in [0.15, 0.2) is 18.2 Å². The van der Waals surface area contributed by atoms with Crippen molar-refractivity contribution in [3.63, 3.8) is 0 Å². The number of rotatable bonds is 4. The van der Waals surface area contributed by atoms with Crippen LogP contribution in [0.4, 0.5) is 0 Å². The van der Waals surface area contributed by atoms with Crippen molar-refractivity contribution >= 4 is 15.7 Å². The molecular weight excluding hydrogens is 294 g/mol. The van der Waals surface area contributed by atoms with Crippen molar-refractivity contribution in [2.24, 2.45) is 0 Å². The zero-order valence-corrected chi connectivity index (χ0v) is 13.1. The van der Waals surface area contributed by atoms with E-state index in [9.17, 15) is 13.2 Å². The predicted octanol–water partition coefficient (Wildman–Crippen LogP) is 0.963. The zero-order chi connectivity index (χ0) is 15.6. The highest BCUT2D eigenvalue weighted by molar-refractivity contribution is 7.91. The van der Waals surface area contributed by atoms with E-state index in [2.05, 4.69) is 0 Å². The fraction of sp³-hybridized carbons (Fsp3) is 0.500. The van der Waals surface area contributed by atoms with Crippen LogP contribution >= 0.6 is 0 Å². The number of hydrogen-bond donors (Lipinski definition) is 0. The zero-order valence-electron chi connectivity index (χ0n) is 12.3. The van der Waals surface area contributed by atoms with E-state index in [1.165, 1.54) is 19.1 Å². The third-order valence-corrected chi connectivity index (χ3v) is 5.43. The van der Waals surface area contributed by atoms with E-state index in [1.54, 1.807) is 25.2 Å². The molecule has 1 heterocycles. The Bertz CT molecular complexity index is 619. The van der Waals surface area contributed by atoms with E-state index < -0.39 is 9.84 Å². The van der Waals surface area contributed by atoms with Crippen LogP contribution in [0.5, 0.6) is 11.5 Å². The summed E-state index contributed by atoms with van der Waals surface area (Å²) in [6.07, 6.45) is 0.478. The van der Waals surface area contributed by atoms with Crippen LogP contribution in [0.25, 0.3) is 0 Å². The van der Waals surface area contributed by atoms with E-state index in [0.29, 0.717) is 23.5 Å². The Morgan fingerprint density at radius 2 is 1.76 bits per heavy atom. The van der Waals surface area contributed by atoms with Gasteiger partial charge >= 0.3 is 0 Å². The molecule has 1 unspecified atom stereocenters. The lowest BCUT2D eigenvalue weighted by Gasteiger charge is -2.23. The minimum Gasteiger partial charge on any atom is -0.497 e. The van der Waals surface area contributed by atoms with Crippen LogP contribution in [0, 0.1) is 0 Å². The number of hydrogen-bond acceptors (Lipinski definition) is 5. The monoisotopic (exact) mass is 313 g/mol. The maximum Gasteiger partial charge on any atom is 0.254 e. The Hall–Kier alpha value is -1.76. The van der Waals surface area contributed by atoms with Gasteiger partial charge in [0.05, 0.1) is 25.7 Å². The summed E-state index contributed by atoms with van der Waals surface area (Å²) in [5.74, 6) is 0.956. The largest absolute Gasteiger partial charge is 0.497 e. The van der Waals surface area contributed by atoms with Crippen molar-refractivity contribution in [1.82, 2.24) is 4.90 Å². The molecule has 1 aromatic carbocycles. The summed E-state index contributed by atoms with van der Waals surface area (Å²) in [4.78, 5) is 14.0. The van der Waals surface area contributed by atoms with Crippen LogP contribution in [0.3, 0.4) is 0 Å². The number of ether oxygens (including phenoxy) is 2. The third-order valence-electron chi connectivity index (χ3n) is 3.67. The Morgan fingerprint density at radius 1 is 1.19 bits per heavy atom. The van der Waals surface area contributed by atoms with Crippen molar-refractivity contribution in [3.8, 4) is 11.5 Å². The van der Waals surface area contributed by atoms with Crippen molar-refractivity contribution in [2.45, 2.75) is 12.5 Å². The molecule has 0 N–H and O–H groups in total. The number of sulfone groups is 1. The maximum absolute atomic E-state index is 12.5. The summed E-state index contributed by atoms with van der Waals surface area (Å²) in [5.41, 5.74) is 0.415. The number of methoxy groups -OCH3 is 2. The van der Waals surface area contributed by atoms with Gasteiger partial charge < -0.3 is 14.4 Å². The van der Waals surface area contributed by atoms with Gasteiger partial charge in [-0.2, -0.15) is 0 Å². The Kier molecular flexibility index (Phi) is 4.41. The fourth-order valence-electron chi connectivity index (χ4n) is 2.38. The third kappa shape index (κ3) is 3.47. The summed E-state index contributed by atoms with van der Waals surface area (Å²) in [5, 5.41) is 0. The van der Waals surface area contributed by atoms with E-state index in [-0.39, 0.29) is 23.5 Å². The normalized spacial score (nSPS) is 20.0. The molecular formula is C14H19NO5S. The molecule has 2 rings (SSSR count). The topological polar surface area (TPSA) is 72.9 Å². The summed E-state index contributed by atoms with van der Waals surface area (Å²) in [6, 6.07) is 4.63. The molecule has 0 aromatic heterocycles. The van der Waals surface area contributed by atoms with Gasteiger partial charge in [0, 0.05) is 24.7 Å². The first-order chi connectivity index (χ1) is 9.86. The van der Waals surface area contributed by atoms with Gasteiger partial charge in [-0.05, 0) is 18.6 Å². The van der Waals surface area contributed by atoms with Gasteiger partial charge in [0.15, 0.2) is 9.84 Å². The minimum atomic E-state index is -3.03. The summed E-state index contributed by atoms with van der Waals surface area (Å²) in [6.45, 7) is 0. The van der Waals surface area contributed by atoms with Gasteiger partial charge in [-0.15, -0.1) is 0 Å². The number of carbonyl (C=O) groups excluding carboxylic acids is 1. The minimum absolute atomic E-state index is 0.0242. The molecule has 6 nitrogen and oxygen atoms in total. The van der Waals surface area contributed by atoms with E-state index in [4.69, 9.17) is 9.47 Å². The summed E-state index contributed by atoms with van der Waals surface area (Å²) >= 11 is 0. The second-order valence-electron chi connectivity index (χ2n) is 5.07. The van der Waals surface area contributed by atoms with Gasteiger partial charge in [-0.25, -0.2) is 8.42 Å². The van der Waals surface area contributed by atoms with Gasteiger partial charge in [-0.3, -0.25) is 4.79 Å². The molecule has 1 aliphatic heterocycles. The molecule has 0 saturated carbocycles. The van der Waals surface area contributed by atoms with Crippen LogP contribution in [-0.2, 0) is 9.84 Å². The second-order valence-corrected chi connectivity index (χ2v) is 7.30. The molecule has 0 spiro atoms. The molecule has 1 fully saturated rings. The average Bonchev–Trinajstić information content (AvgIpc) is 2.85. The van der Waals surface area contributed by atoms with Gasteiger partial charge in [0.25, 0.3) is 5.91 Å². The van der Waals surface area contributed by atoms with Crippen molar-refractivity contribution in [1.29, 1.82) is 0 Å². The van der Waals surface area contributed by atoms with Crippen LogP contribution in [-0.4, -0.2) is 58.0 Å². The highest BCUT2D eigenvalue weighted by atomic mass is 32.2. The first-order valence-electron chi connectivity index (χ1n) is 6.57. The van der Waals surface area contributed by atoms with E-state index in [1.807, 2.05) is 0 Å². The van der Waals surface area contributed by atoms with Crippen LogP contribution in [0.1, 0.15) is 16.8 Å². The molecule has 116 valence electrons. The number of carbonyl (C=O) groups is 1. The standard InChI is InChI=1S/C14H19NO5S/c1-15(11-4-5-21(17,18)9-11)14(16)10-6-12(19-2)8-13(7-10)20-3/h6-8,11H,4-5,9H2,1-3H3. The van der Waals surface area contributed by atoms with Gasteiger partial charge in [-0.1, -0.05) is 0 Å². The summed E-state index contributed by atoms with van der Waals surface area (Å²) in [7, 11) is 1.62. The first kappa shape index (κ1) is 15.6. The number of benzene rings is 1. The summed E-state index contributed by atoms with van der Waals surface area (Å²) < 4.78 is 33.3. The number of amides is 1. The molecule has 0 bridgehead atoms. The highest BCUT2D eigenvalue weighted by Gasteiger charge is 2.33. The van der Waals surface area contributed by atoms with Gasteiger partial charge in [0.1, 0.15) is 11.5 Å². The van der Waals surface area contributed by atoms with Crippen molar-refractivity contribution in [3.05, 3.63) is 23.8 Å². The molecule has 1 saturated heterocycles. The SMILES string of the molecule is COc1cc(OC)cc(C(=O)N(C)C2CCS(=O)(=O)C2)c1. The molecule has 1 amide bonds. The second kappa shape index (κ2) is 5.93. The van der Waals surface area contributed by atoms with E-state index >= 15 is 0 Å². The molecule has 1 aliphatic rings. The molecule has 0 aliphatic carbocycles. The number of nitrogens with zero attached hydrogens (tertiary/aromatic N) is 1. The Balaban J connectivity index is 2.23. The molecule has 21 heavy (non-hydrogen) atoms. The lowest BCUT2D eigenvalue weighted by Crippen LogP contribution is -2.37. The quantitative estimate of drug-likeness (QED) is 0.828. The van der Waals surface area contributed by atoms with Gasteiger partial charge in [0.2, 0.25) is 0 Å². The highest BCUT2D eigenvalue weighted by Crippen LogP contribution is 2.25. The van der Waals surface area contributed by atoms with Crippen molar-refractivity contribution < 1.29 is 22.7 Å². The molecule has 1 aromatic rings. The Morgan fingerprint density at radius 3 is 2.19 bits per heavy atom. The lowest BCUT2D eigenvalue weighted by molar-refractivity contribution is 0.0747. The first-order valence-corrected chi connectivity index (χ1v) is 8.39. The molecule has 1 atom stereocenters. The van der Waals surface area contributed by atoms with Crippen LogP contribution in [0.2, 0.25) is 0 Å². The maximum atomic E-state index is 12.5. The fourth-order valence-corrected chi connectivity index (χ4v) is 4.16. The Labute approximate surface area is 124 Å². The lowest BCUT2D eigenvalue weighted by atomic mass is 10.1. The van der Waals surface area contributed by atoms with Crippen LogP contribution < -0.4 is 9.47 Å². The van der Waals surface area contributed by atoms with E-state index in [0.717, 1.165) is 0 Å². The average molecular weight is 313 g/mol. The smallest absolute Gasteiger partial charge is 0.254 e. The molecule has 0 radical (unpaired) electrons. The van der Waals surface area contributed by atoms with Crippen molar-refractivity contribution in [2.75, 3.05) is 32.8 Å². The predicted molar refractivity (Wildman–Crippen MR) is 78.7 cm³/mol. The molecule has 7 heteroatoms.